The molecule has 0 saturated carbocycles. The van der Waals surface area contributed by atoms with Gasteiger partial charge in [-0.25, -0.2) is 0 Å². The van der Waals surface area contributed by atoms with Crippen molar-refractivity contribution in [3.8, 4) is 17.1 Å². The molecule has 4 heterocycles. The summed E-state index contributed by atoms with van der Waals surface area (Å²) in [6.45, 7) is 9.76. The number of aliphatic imine (C=N–C) groups is 1. The molecule has 1 saturated heterocycles. The van der Waals surface area contributed by atoms with Crippen LogP contribution < -0.4 is 5.32 Å². The molecule has 10 nitrogen and oxygen atoms in total. The summed E-state index contributed by atoms with van der Waals surface area (Å²) in [6.07, 6.45) is 1.33. The van der Waals surface area contributed by atoms with Crippen molar-refractivity contribution in [3.63, 3.8) is 0 Å². The second-order valence-corrected chi connectivity index (χ2v) is 11.4. The summed E-state index contributed by atoms with van der Waals surface area (Å²) >= 11 is 1.54. The number of aromatic nitrogens is 3. The minimum absolute atomic E-state index is 0.0781. The molecule has 5 rings (SSSR count). The minimum atomic E-state index is -0.539. The van der Waals surface area contributed by atoms with Gasteiger partial charge in [0.05, 0.1) is 36.3 Å². The van der Waals surface area contributed by atoms with Gasteiger partial charge in [-0.1, -0.05) is 12.1 Å². The number of nitrogens with zero attached hydrogens (tertiary/aromatic N) is 8. The summed E-state index contributed by atoms with van der Waals surface area (Å²) in [5, 5.41) is 31.5. The van der Waals surface area contributed by atoms with Gasteiger partial charge in [-0.2, -0.15) is 10.5 Å². The van der Waals surface area contributed by atoms with E-state index in [1.807, 2.05) is 30.5 Å². The highest BCUT2D eigenvalue weighted by Gasteiger charge is 2.32. The lowest BCUT2D eigenvalue weighted by Crippen LogP contribution is -2.45. The van der Waals surface area contributed by atoms with Crippen LogP contribution in [-0.4, -0.2) is 82.5 Å². The summed E-state index contributed by atoms with van der Waals surface area (Å²) in [5.41, 5.74) is 4.04. The molecule has 0 radical (unpaired) electrons. The van der Waals surface area contributed by atoms with Crippen LogP contribution in [0.25, 0.3) is 5.00 Å². The van der Waals surface area contributed by atoms with Gasteiger partial charge < -0.3 is 15.1 Å². The molecule has 3 aromatic rings. The lowest BCUT2D eigenvalue weighted by atomic mass is 9.98. The van der Waals surface area contributed by atoms with E-state index >= 15 is 0 Å². The molecule has 1 atom stereocenters. The fraction of sp³-hybridized carbons (Fsp3) is 0.448. The number of fused-ring (bicyclic) bond motifs is 3. The molecule has 1 N–H and O–H groups in total. The number of carbonyl (C=O) groups excluding carboxylic acids is 1. The number of benzene rings is 1. The number of rotatable bonds is 8. The molecular weight excluding hydrogens is 522 g/mol. The van der Waals surface area contributed by atoms with Crippen molar-refractivity contribution in [2.75, 3.05) is 46.3 Å². The number of amides is 1. The first-order valence-electron chi connectivity index (χ1n) is 13.6. The molecule has 11 heteroatoms. The molecule has 2 aliphatic rings. The van der Waals surface area contributed by atoms with Gasteiger partial charge in [0, 0.05) is 48.7 Å². The van der Waals surface area contributed by atoms with Crippen molar-refractivity contribution in [1.82, 2.24) is 29.9 Å². The second-order valence-electron chi connectivity index (χ2n) is 10.3. The molecule has 1 aromatic carbocycles. The molecule has 206 valence electrons. The van der Waals surface area contributed by atoms with Crippen molar-refractivity contribution < 1.29 is 4.79 Å². The van der Waals surface area contributed by atoms with Crippen molar-refractivity contribution in [3.05, 3.63) is 63.0 Å². The molecule has 1 amide bonds. The van der Waals surface area contributed by atoms with Crippen LogP contribution in [0.4, 0.5) is 0 Å². The monoisotopic (exact) mass is 555 g/mol. The summed E-state index contributed by atoms with van der Waals surface area (Å²) in [7, 11) is 2.15. The predicted octanol–water partition coefficient (Wildman–Crippen LogP) is 2.92. The Morgan fingerprint density at radius 1 is 1.12 bits per heavy atom. The fourth-order valence-corrected chi connectivity index (χ4v) is 6.55. The van der Waals surface area contributed by atoms with Crippen molar-refractivity contribution in [2.45, 2.75) is 39.2 Å². The normalized spacial score (nSPS) is 17.2. The van der Waals surface area contributed by atoms with E-state index in [1.54, 1.807) is 12.1 Å². The van der Waals surface area contributed by atoms with Crippen LogP contribution in [0.2, 0.25) is 0 Å². The molecule has 0 spiro atoms. The number of likely N-dealkylation sites (N-methyl/N-ethyl adjacent to an activating group) is 1. The van der Waals surface area contributed by atoms with Crippen molar-refractivity contribution >= 4 is 23.0 Å². The van der Waals surface area contributed by atoms with Crippen LogP contribution in [0.1, 0.15) is 57.7 Å². The van der Waals surface area contributed by atoms with Crippen molar-refractivity contribution in [1.29, 1.82) is 10.5 Å². The summed E-state index contributed by atoms with van der Waals surface area (Å²) in [4.78, 5) is 24.0. The van der Waals surface area contributed by atoms with E-state index in [9.17, 15) is 15.3 Å². The number of thiophene rings is 1. The van der Waals surface area contributed by atoms with E-state index in [0.717, 1.165) is 71.4 Å². The Kier molecular flexibility index (Phi) is 8.36. The first-order valence-corrected chi connectivity index (χ1v) is 14.4. The zero-order valence-electron chi connectivity index (χ0n) is 23.1. The lowest BCUT2D eigenvalue weighted by molar-refractivity contribution is -0.121. The van der Waals surface area contributed by atoms with Crippen LogP contribution in [0.5, 0.6) is 0 Å². The third kappa shape index (κ3) is 5.68. The molecule has 0 aliphatic carbocycles. The Hall–Kier alpha value is -3.90. The van der Waals surface area contributed by atoms with E-state index in [0.29, 0.717) is 30.2 Å². The highest BCUT2D eigenvalue weighted by molar-refractivity contribution is 7.15. The number of piperazine rings is 1. The SMILES string of the molecule is Cc1c(CC#N)sc2c1C(c1ccc(C#N)cc1)=N[C@@H](CC(=O)NCCCN1CCN(C)CC1)c1nnc(C)n1-2. The predicted molar refractivity (Wildman–Crippen MR) is 154 cm³/mol. The van der Waals surface area contributed by atoms with Gasteiger partial charge in [0.1, 0.15) is 16.9 Å². The van der Waals surface area contributed by atoms with Gasteiger partial charge in [-0.05, 0) is 51.6 Å². The third-order valence-electron chi connectivity index (χ3n) is 7.57. The fourth-order valence-electron chi connectivity index (χ4n) is 5.25. The summed E-state index contributed by atoms with van der Waals surface area (Å²) < 4.78 is 1.99. The number of aryl methyl sites for hydroxylation is 1. The maximum atomic E-state index is 13.2. The Balaban J connectivity index is 1.42. The van der Waals surface area contributed by atoms with Gasteiger partial charge in [0.15, 0.2) is 5.82 Å². The van der Waals surface area contributed by atoms with Gasteiger partial charge in [-0.3, -0.25) is 14.4 Å². The second kappa shape index (κ2) is 12.1. The van der Waals surface area contributed by atoms with Crippen molar-refractivity contribution in [2.24, 2.45) is 4.99 Å². The van der Waals surface area contributed by atoms with Gasteiger partial charge in [-0.15, -0.1) is 21.5 Å². The van der Waals surface area contributed by atoms with Crippen LogP contribution in [0.15, 0.2) is 29.3 Å². The third-order valence-corrected chi connectivity index (χ3v) is 8.85. The number of nitrogens with one attached hydrogen (secondary N) is 1. The average Bonchev–Trinajstić information content (AvgIpc) is 3.45. The smallest absolute Gasteiger partial charge is 0.222 e. The van der Waals surface area contributed by atoms with E-state index in [4.69, 9.17) is 4.99 Å². The molecule has 0 bridgehead atoms. The van der Waals surface area contributed by atoms with E-state index < -0.39 is 6.04 Å². The molecule has 2 aromatic heterocycles. The molecule has 0 unspecified atom stereocenters. The zero-order chi connectivity index (χ0) is 28.2. The maximum Gasteiger partial charge on any atom is 0.222 e. The topological polar surface area (TPSA) is 126 Å². The first kappa shape index (κ1) is 27.7. The quantitative estimate of drug-likeness (QED) is 0.424. The highest BCUT2D eigenvalue weighted by Crippen LogP contribution is 2.40. The summed E-state index contributed by atoms with van der Waals surface area (Å²) in [5.74, 6) is 1.24. The average molecular weight is 556 g/mol. The van der Waals surface area contributed by atoms with Gasteiger partial charge in [0.25, 0.3) is 0 Å². The van der Waals surface area contributed by atoms with Crippen LogP contribution >= 0.6 is 11.3 Å². The number of hydrogen-bond donors (Lipinski definition) is 1. The first-order chi connectivity index (χ1) is 19.4. The minimum Gasteiger partial charge on any atom is -0.356 e. The summed E-state index contributed by atoms with van der Waals surface area (Å²) in [6, 6.07) is 11.2. The molecular formula is C29H33N9OS. The van der Waals surface area contributed by atoms with E-state index in [-0.39, 0.29) is 12.3 Å². The van der Waals surface area contributed by atoms with Gasteiger partial charge in [0.2, 0.25) is 5.91 Å². The Bertz CT molecular complexity index is 1500. The Morgan fingerprint density at radius 2 is 1.88 bits per heavy atom. The maximum absolute atomic E-state index is 13.2. The highest BCUT2D eigenvalue weighted by atomic mass is 32.1. The largest absolute Gasteiger partial charge is 0.356 e. The molecule has 40 heavy (non-hydrogen) atoms. The van der Waals surface area contributed by atoms with Gasteiger partial charge >= 0.3 is 0 Å². The Labute approximate surface area is 238 Å². The van der Waals surface area contributed by atoms with E-state index in [1.165, 1.54) is 11.3 Å². The standard InChI is InChI=1S/C29H33N9OS/c1-19-24(9-10-30)40-29-26(19)27(22-7-5-21(18-31)6-8-22)33-23(28-35-34-20(2)38(28)29)17-25(39)32-11-4-12-37-15-13-36(3)14-16-37/h5-8,23H,4,9,11-17H2,1-3H3,(H,32,39)/t23-/m0/s1. The lowest BCUT2D eigenvalue weighted by Gasteiger charge is -2.32. The Morgan fingerprint density at radius 3 is 2.58 bits per heavy atom. The number of nitriles is 2. The van der Waals surface area contributed by atoms with Crippen LogP contribution in [0, 0.1) is 36.5 Å². The van der Waals surface area contributed by atoms with Crippen LogP contribution in [0.3, 0.4) is 0 Å². The van der Waals surface area contributed by atoms with E-state index in [2.05, 4.69) is 44.5 Å². The molecule has 2 aliphatic heterocycles. The van der Waals surface area contributed by atoms with Crippen LogP contribution in [-0.2, 0) is 11.2 Å². The zero-order valence-corrected chi connectivity index (χ0v) is 24.0. The number of carbonyl (C=O) groups is 1. The molecule has 1 fully saturated rings. The number of hydrogen-bond acceptors (Lipinski definition) is 9.